The monoisotopic (exact) mass is 820 g/mol. The second kappa shape index (κ2) is 27.0. The van der Waals surface area contributed by atoms with Crippen LogP contribution in [0.1, 0.15) is 125 Å². The van der Waals surface area contributed by atoms with Crippen molar-refractivity contribution in [3.63, 3.8) is 0 Å². The number of phenolic OH excluding ortho intramolecular Hbond substituents is 1. The van der Waals surface area contributed by atoms with E-state index in [1.807, 2.05) is 0 Å². The van der Waals surface area contributed by atoms with Gasteiger partial charge in [-0.25, -0.2) is 4.79 Å². The first-order chi connectivity index (χ1) is 27.3. The summed E-state index contributed by atoms with van der Waals surface area (Å²) in [4.78, 5) is 89.6. The number of phenols is 1. The van der Waals surface area contributed by atoms with Gasteiger partial charge in [-0.2, -0.15) is 0 Å². The van der Waals surface area contributed by atoms with E-state index in [1.54, 1.807) is 13.8 Å². The molecule has 1 aromatic rings. The number of benzene rings is 1. The Morgan fingerprint density at radius 1 is 0.569 bits per heavy atom. The number of amides is 6. The summed E-state index contributed by atoms with van der Waals surface area (Å²) in [7, 11) is 0. The zero-order valence-corrected chi connectivity index (χ0v) is 35.1. The van der Waals surface area contributed by atoms with Crippen LogP contribution >= 0.6 is 0 Å². The Hall–Kier alpha value is -4.77. The summed E-state index contributed by atoms with van der Waals surface area (Å²) in [5.74, 6) is -6.20. The van der Waals surface area contributed by atoms with E-state index in [2.05, 4.69) is 38.8 Å². The molecular formula is C41H68N6O11. The summed E-state index contributed by atoms with van der Waals surface area (Å²) in [6, 6.07) is -1.65. The third-order valence-corrected chi connectivity index (χ3v) is 9.66. The van der Waals surface area contributed by atoms with Crippen molar-refractivity contribution >= 4 is 41.4 Å². The van der Waals surface area contributed by atoms with Gasteiger partial charge in [0.15, 0.2) is 0 Å². The van der Waals surface area contributed by atoms with E-state index in [4.69, 9.17) is 0 Å². The SMILES string of the molecule is CCCCCCCCC[C@H](O)CCCC(=O)N[C@H](C(=O)N[C@H](C)C(=O)N[C@@H](C)C(=O)N[C@@H](C)C(=O)N[C@H](Cc1ccc(O)cc1)C(=O)N[C@H](C(=O)O)C(C)C)[C@@H](C)O. The third-order valence-electron chi connectivity index (χ3n) is 9.66. The quantitative estimate of drug-likeness (QED) is 0.0544. The standard InChI is InChI=1S/C41H68N6O11/c1-8-9-10-11-12-13-14-16-30(49)17-15-18-33(51)46-35(28(7)48)40(56)44-26(5)37(53)42-25(4)36(52)43-27(6)38(54)45-32(23-29-19-21-31(50)22-20-29)39(55)47-34(24(2)3)41(57)58/h19-22,24-28,30,32,34-35,48-50H,8-18,23H2,1-7H3,(H,42,53)(H,43,52)(H,44,56)(H,45,54)(H,46,51)(H,47,55)(H,57,58)/t25-,26+,27-,28+,30-,32+,34-,35-/m0/s1. The Morgan fingerprint density at radius 3 is 1.55 bits per heavy atom. The van der Waals surface area contributed by atoms with Gasteiger partial charge in [0.2, 0.25) is 35.4 Å². The molecule has 8 atom stereocenters. The Kier molecular flexibility index (Phi) is 23.9. The molecule has 328 valence electrons. The fraction of sp³-hybridized carbons (Fsp3) is 0.683. The Labute approximate surface area is 342 Å². The molecule has 1 aromatic carbocycles. The lowest BCUT2D eigenvalue weighted by Crippen LogP contribution is -2.59. The van der Waals surface area contributed by atoms with Crippen LogP contribution in [0.5, 0.6) is 5.75 Å². The second-order valence-electron chi connectivity index (χ2n) is 15.4. The van der Waals surface area contributed by atoms with E-state index in [1.165, 1.54) is 77.6 Å². The maximum atomic E-state index is 13.2. The highest BCUT2D eigenvalue weighted by molar-refractivity contribution is 5.96. The van der Waals surface area contributed by atoms with E-state index in [9.17, 15) is 54.0 Å². The molecule has 0 aliphatic rings. The molecule has 0 fully saturated rings. The summed E-state index contributed by atoms with van der Waals surface area (Å²) in [5, 5.41) is 54.4. The average molecular weight is 821 g/mol. The Morgan fingerprint density at radius 2 is 1.05 bits per heavy atom. The normalized spacial score (nSPS) is 15.3. The summed E-state index contributed by atoms with van der Waals surface area (Å²) in [6.07, 6.45) is 7.55. The zero-order chi connectivity index (χ0) is 43.9. The van der Waals surface area contributed by atoms with Crippen molar-refractivity contribution in [2.24, 2.45) is 5.92 Å². The van der Waals surface area contributed by atoms with Gasteiger partial charge in [-0.15, -0.1) is 0 Å². The van der Waals surface area contributed by atoms with Gasteiger partial charge in [-0.1, -0.05) is 77.8 Å². The molecule has 17 heteroatoms. The van der Waals surface area contributed by atoms with Crippen LogP contribution in [0.25, 0.3) is 0 Å². The number of carboxylic acids is 1. The van der Waals surface area contributed by atoms with Gasteiger partial charge in [-0.05, 0) is 70.6 Å². The summed E-state index contributed by atoms with van der Waals surface area (Å²) in [5.41, 5.74) is 0.548. The number of carbonyl (C=O) groups excluding carboxylic acids is 6. The molecule has 0 bridgehead atoms. The summed E-state index contributed by atoms with van der Waals surface area (Å²) < 4.78 is 0. The minimum Gasteiger partial charge on any atom is -0.508 e. The van der Waals surface area contributed by atoms with Gasteiger partial charge in [0.05, 0.1) is 12.2 Å². The highest BCUT2D eigenvalue weighted by atomic mass is 16.4. The van der Waals surface area contributed by atoms with Crippen LogP contribution in [0.3, 0.4) is 0 Å². The number of nitrogens with one attached hydrogen (secondary N) is 6. The van der Waals surface area contributed by atoms with Crippen molar-refractivity contribution in [1.29, 1.82) is 0 Å². The Bertz CT molecular complexity index is 1470. The molecule has 0 aliphatic carbocycles. The van der Waals surface area contributed by atoms with Crippen LogP contribution in [0.2, 0.25) is 0 Å². The maximum Gasteiger partial charge on any atom is 0.326 e. The van der Waals surface area contributed by atoms with Crippen LogP contribution < -0.4 is 31.9 Å². The molecule has 0 heterocycles. The first-order valence-electron chi connectivity index (χ1n) is 20.4. The lowest BCUT2D eigenvalue weighted by molar-refractivity contribution is -0.143. The second-order valence-corrected chi connectivity index (χ2v) is 15.4. The van der Waals surface area contributed by atoms with Crippen LogP contribution in [0.4, 0.5) is 0 Å². The molecular weight excluding hydrogens is 752 g/mol. The number of hydrogen-bond acceptors (Lipinski definition) is 10. The Balaban J connectivity index is 2.69. The lowest BCUT2D eigenvalue weighted by atomic mass is 10.0. The number of rotatable bonds is 28. The van der Waals surface area contributed by atoms with E-state index >= 15 is 0 Å². The number of unbranched alkanes of at least 4 members (excludes halogenated alkanes) is 6. The van der Waals surface area contributed by atoms with Crippen molar-refractivity contribution in [2.75, 3.05) is 0 Å². The van der Waals surface area contributed by atoms with Gasteiger partial charge >= 0.3 is 5.97 Å². The molecule has 58 heavy (non-hydrogen) atoms. The molecule has 0 unspecified atom stereocenters. The number of aromatic hydroxyl groups is 1. The lowest BCUT2D eigenvalue weighted by Gasteiger charge is -2.25. The van der Waals surface area contributed by atoms with E-state index < -0.39 is 95.8 Å². The number of carboxylic acid groups (broad SMARTS) is 1. The van der Waals surface area contributed by atoms with Gasteiger partial charge in [0.25, 0.3) is 0 Å². The molecule has 6 amide bonds. The van der Waals surface area contributed by atoms with Crippen molar-refractivity contribution in [3.8, 4) is 5.75 Å². The minimum atomic E-state index is -1.37. The van der Waals surface area contributed by atoms with E-state index in [0.717, 1.165) is 19.3 Å². The van der Waals surface area contributed by atoms with Crippen molar-refractivity contribution in [1.82, 2.24) is 31.9 Å². The minimum absolute atomic E-state index is 0.0191. The van der Waals surface area contributed by atoms with Crippen LogP contribution in [-0.4, -0.2) is 110 Å². The average Bonchev–Trinajstić information content (AvgIpc) is 3.15. The molecule has 0 radical (unpaired) electrons. The fourth-order valence-corrected chi connectivity index (χ4v) is 5.95. The molecule has 0 aromatic heterocycles. The first-order valence-corrected chi connectivity index (χ1v) is 20.4. The first kappa shape index (κ1) is 51.2. The molecule has 0 spiro atoms. The van der Waals surface area contributed by atoms with Gasteiger partial charge in [0.1, 0.15) is 42.0 Å². The number of aliphatic hydroxyl groups excluding tert-OH is 2. The summed E-state index contributed by atoms with van der Waals surface area (Å²) in [6.45, 7) is 10.7. The molecule has 0 saturated heterocycles. The van der Waals surface area contributed by atoms with Crippen molar-refractivity contribution in [2.45, 2.75) is 174 Å². The third kappa shape index (κ3) is 20.1. The fourth-order valence-electron chi connectivity index (χ4n) is 5.95. The van der Waals surface area contributed by atoms with E-state index in [0.29, 0.717) is 24.8 Å². The predicted octanol–water partition coefficient (Wildman–Crippen LogP) is 1.70. The smallest absolute Gasteiger partial charge is 0.326 e. The highest BCUT2D eigenvalue weighted by Crippen LogP contribution is 2.14. The topological polar surface area (TPSA) is 273 Å². The molecule has 17 nitrogen and oxygen atoms in total. The number of hydrogen-bond donors (Lipinski definition) is 10. The summed E-state index contributed by atoms with van der Waals surface area (Å²) >= 11 is 0. The van der Waals surface area contributed by atoms with Crippen LogP contribution in [-0.2, 0) is 40.0 Å². The highest BCUT2D eigenvalue weighted by Gasteiger charge is 2.32. The van der Waals surface area contributed by atoms with Gasteiger partial charge in [0, 0.05) is 12.8 Å². The van der Waals surface area contributed by atoms with Gasteiger partial charge < -0.3 is 52.3 Å². The largest absolute Gasteiger partial charge is 0.508 e. The van der Waals surface area contributed by atoms with E-state index in [-0.39, 0.29) is 18.6 Å². The van der Waals surface area contributed by atoms with Gasteiger partial charge in [-0.3, -0.25) is 28.8 Å². The molecule has 0 aliphatic heterocycles. The molecule has 10 N–H and O–H groups in total. The van der Waals surface area contributed by atoms with Crippen molar-refractivity contribution in [3.05, 3.63) is 29.8 Å². The van der Waals surface area contributed by atoms with Crippen LogP contribution in [0.15, 0.2) is 24.3 Å². The van der Waals surface area contributed by atoms with Crippen LogP contribution in [0, 0.1) is 5.92 Å². The molecule has 0 saturated carbocycles. The van der Waals surface area contributed by atoms with Crippen molar-refractivity contribution < 1.29 is 54.0 Å². The zero-order valence-electron chi connectivity index (χ0n) is 35.1. The molecule has 1 rings (SSSR count). The number of carbonyl (C=O) groups is 7. The predicted molar refractivity (Wildman–Crippen MR) is 217 cm³/mol. The number of aliphatic hydroxyl groups is 2. The number of aliphatic carboxylic acids is 1. The maximum absolute atomic E-state index is 13.2.